The van der Waals surface area contributed by atoms with E-state index in [1.807, 2.05) is 30.3 Å². The van der Waals surface area contributed by atoms with E-state index in [0.29, 0.717) is 12.6 Å². The second-order valence-electron chi connectivity index (χ2n) is 3.51. The van der Waals surface area contributed by atoms with Gasteiger partial charge in [0, 0.05) is 0 Å². The highest BCUT2D eigenvalue weighted by atomic mass is 16.5. The van der Waals surface area contributed by atoms with Gasteiger partial charge in [-0.3, -0.25) is 4.57 Å². The minimum absolute atomic E-state index is 0.116. The Bertz CT molecular complexity index is 520. The molecule has 0 aliphatic rings. The zero-order valence-electron chi connectivity index (χ0n) is 9.33. The molecule has 0 spiro atoms. The van der Waals surface area contributed by atoms with Gasteiger partial charge in [-0.05, 0) is 5.56 Å². The number of hydrogen-bond donors (Lipinski definition) is 1. The predicted molar refractivity (Wildman–Crippen MR) is 61.3 cm³/mol. The molecular formula is C12H12N2O3. The van der Waals surface area contributed by atoms with E-state index < -0.39 is 5.97 Å². The van der Waals surface area contributed by atoms with Crippen LogP contribution in [0, 0.1) is 0 Å². The van der Waals surface area contributed by atoms with Crippen LogP contribution in [0.1, 0.15) is 16.1 Å². The summed E-state index contributed by atoms with van der Waals surface area (Å²) >= 11 is 0. The minimum atomic E-state index is -1.02. The average Bonchev–Trinajstić information content (AvgIpc) is 2.73. The number of aromatic nitrogens is 2. The summed E-state index contributed by atoms with van der Waals surface area (Å²) in [5.41, 5.74) is 1.11. The summed E-state index contributed by atoms with van der Waals surface area (Å²) in [6, 6.07) is 9.85. The van der Waals surface area contributed by atoms with Crippen LogP contribution in [-0.4, -0.2) is 27.7 Å². The third-order valence-corrected chi connectivity index (χ3v) is 2.40. The summed E-state index contributed by atoms with van der Waals surface area (Å²) < 4.78 is 6.56. The van der Waals surface area contributed by atoms with Crippen LogP contribution in [0.2, 0.25) is 0 Å². The molecule has 0 bridgehead atoms. The van der Waals surface area contributed by atoms with Gasteiger partial charge >= 0.3 is 5.97 Å². The highest BCUT2D eigenvalue weighted by Crippen LogP contribution is 2.15. The van der Waals surface area contributed by atoms with Crippen molar-refractivity contribution in [1.29, 1.82) is 0 Å². The fraction of sp³-hybridized carbons (Fsp3) is 0.167. The number of ether oxygens (including phenoxy) is 1. The number of carboxylic acids is 1. The molecule has 1 N–H and O–H groups in total. The third kappa shape index (κ3) is 2.28. The van der Waals surface area contributed by atoms with E-state index in [1.54, 1.807) is 0 Å². The summed E-state index contributed by atoms with van der Waals surface area (Å²) in [5, 5.41) is 9.04. The maximum Gasteiger partial charge on any atom is 0.354 e. The maximum absolute atomic E-state index is 11.0. The van der Waals surface area contributed by atoms with Crippen molar-refractivity contribution in [3.63, 3.8) is 0 Å². The maximum atomic E-state index is 11.0. The lowest BCUT2D eigenvalue weighted by atomic mass is 10.2. The molecule has 0 amide bonds. The first-order valence-corrected chi connectivity index (χ1v) is 5.09. The number of carbonyl (C=O) groups is 1. The minimum Gasteiger partial charge on any atom is -0.477 e. The van der Waals surface area contributed by atoms with E-state index >= 15 is 0 Å². The number of benzene rings is 1. The summed E-state index contributed by atoms with van der Waals surface area (Å²) in [5.74, 6) is -1.02. The normalized spacial score (nSPS) is 10.2. The number of nitrogens with zero attached hydrogens (tertiary/aromatic N) is 2. The predicted octanol–water partition coefficient (Wildman–Crippen LogP) is 1.64. The molecule has 88 valence electrons. The van der Waals surface area contributed by atoms with Crippen molar-refractivity contribution < 1.29 is 14.6 Å². The molecule has 1 aromatic carbocycles. The van der Waals surface area contributed by atoms with Gasteiger partial charge in [0.2, 0.25) is 0 Å². The highest BCUT2D eigenvalue weighted by Gasteiger charge is 2.15. The first-order valence-electron chi connectivity index (χ1n) is 5.09. The number of hydrogen-bond acceptors (Lipinski definition) is 3. The lowest BCUT2D eigenvalue weighted by Gasteiger charge is -2.08. The monoisotopic (exact) mass is 232 g/mol. The molecule has 1 heterocycles. The number of rotatable bonds is 4. The van der Waals surface area contributed by atoms with Crippen LogP contribution in [-0.2, 0) is 6.54 Å². The van der Waals surface area contributed by atoms with E-state index in [1.165, 1.54) is 17.9 Å². The molecule has 0 atom stereocenters. The molecular weight excluding hydrogens is 220 g/mol. The molecule has 1 aromatic heterocycles. The van der Waals surface area contributed by atoms with Crippen LogP contribution in [0.15, 0.2) is 36.5 Å². The largest absolute Gasteiger partial charge is 0.477 e. The quantitative estimate of drug-likeness (QED) is 0.870. The van der Waals surface area contributed by atoms with E-state index in [-0.39, 0.29) is 5.69 Å². The van der Waals surface area contributed by atoms with Crippen molar-refractivity contribution in [1.82, 2.24) is 9.55 Å². The third-order valence-electron chi connectivity index (χ3n) is 2.40. The van der Waals surface area contributed by atoms with Crippen molar-refractivity contribution in [2.24, 2.45) is 0 Å². The Morgan fingerprint density at radius 1 is 1.41 bits per heavy atom. The van der Waals surface area contributed by atoms with Gasteiger partial charge in [-0.2, -0.15) is 0 Å². The fourth-order valence-electron chi connectivity index (χ4n) is 1.61. The Morgan fingerprint density at radius 3 is 2.71 bits per heavy atom. The molecule has 0 aliphatic carbocycles. The van der Waals surface area contributed by atoms with E-state index in [2.05, 4.69) is 4.98 Å². The lowest BCUT2D eigenvalue weighted by Crippen LogP contribution is -2.10. The smallest absolute Gasteiger partial charge is 0.354 e. The fourth-order valence-corrected chi connectivity index (χ4v) is 1.61. The van der Waals surface area contributed by atoms with Crippen LogP contribution in [0.5, 0.6) is 6.01 Å². The van der Waals surface area contributed by atoms with Crippen molar-refractivity contribution in [2.75, 3.05) is 7.11 Å². The van der Waals surface area contributed by atoms with Crippen LogP contribution >= 0.6 is 0 Å². The average molecular weight is 232 g/mol. The first kappa shape index (κ1) is 11.2. The van der Waals surface area contributed by atoms with Gasteiger partial charge in [0.1, 0.15) is 5.69 Å². The molecule has 0 unspecified atom stereocenters. The molecule has 0 saturated heterocycles. The topological polar surface area (TPSA) is 64.3 Å². The molecule has 0 fully saturated rings. The molecule has 2 aromatic rings. The second kappa shape index (κ2) is 4.69. The second-order valence-corrected chi connectivity index (χ2v) is 3.51. The number of imidazole rings is 1. The van der Waals surface area contributed by atoms with Crippen LogP contribution in [0.4, 0.5) is 0 Å². The zero-order chi connectivity index (χ0) is 12.3. The molecule has 5 nitrogen and oxygen atoms in total. The Kier molecular flexibility index (Phi) is 3.09. The highest BCUT2D eigenvalue weighted by molar-refractivity contribution is 5.85. The molecule has 0 radical (unpaired) electrons. The molecule has 5 heteroatoms. The number of aromatic carboxylic acids is 1. The first-order chi connectivity index (χ1) is 8.22. The Labute approximate surface area is 98.3 Å². The lowest BCUT2D eigenvalue weighted by molar-refractivity contribution is 0.0684. The van der Waals surface area contributed by atoms with Gasteiger partial charge in [-0.25, -0.2) is 9.78 Å². The Hall–Kier alpha value is -2.30. The van der Waals surface area contributed by atoms with Crippen LogP contribution < -0.4 is 4.74 Å². The van der Waals surface area contributed by atoms with E-state index in [4.69, 9.17) is 9.84 Å². The van der Waals surface area contributed by atoms with Crippen molar-refractivity contribution in [3.05, 3.63) is 47.8 Å². The SMILES string of the molecule is COc1ncc(C(=O)O)n1Cc1ccccc1. The summed E-state index contributed by atoms with van der Waals surface area (Å²) in [6.45, 7) is 0.422. The van der Waals surface area contributed by atoms with Crippen LogP contribution in [0.25, 0.3) is 0 Å². The van der Waals surface area contributed by atoms with Crippen molar-refractivity contribution in [3.8, 4) is 6.01 Å². The van der Waals surface area contributed by atoms with Crippen LogP contribution in [0.3, 0.4) is 0 Å². The number of methoxy groups -OCH3 is 1. The summed E-state index contributed by atoms with van der Waals surface area (Å²) in [6.07, 6.45) is 1.30. The Balaban J connectivity index is 2.37. The molecule has 2 rings (SSSR count). The van der Waals surface area contributed by atoms with Crippen molar-refractivity contribution >= 4 is 5.97 Å². The van der Waals surface area contributed by atoms with Crippen molar-refractivity contribution in [2.45, 2.75) is 6.54 Å². The number of carboxylic acid groups (broad SMARTS) is 1. The van der Waals surface area contributed by atoms with Gasteiger partial charge in [0.15, 0.2) is 0 Å². The summed E-state index contributed by atoms with van der Waals surface area (Å²) in [7, 11) is 1.47. The molecule has 0 saturated carbocycles. The van der Waals surface area contributed by atoms with E-state index in [0.717, 1.165) is 5.56 Å². The van der Waals surface area contributed by atoms with E-state index in [9.17, 15) is 4.79 Å². The van der Waals surface area contributed by atoms with Gasteiger partial charge in [-0.1, -0.05) is 30.3 Å². The molecule has 17 heavy (non-hydrogen) atoms. The van der Waals surface area contributed by atoms with Gasteiger partial charge in [-0.15, -0.1) is 0 Å². The van der Waals surface area contributed by atoms with Gasteiger partial charge in [0.05, 0.1) is 19.9 Å². The summed E-state index contributed by atoms with van der Waals surface area (Å²) in [4.78, 5) is 14.9. The van der Waals surface area contributed by atoms with Gasteiger partial charge < -0.3 is 9.84 Å². The zero-order valence-corrected chi connectivity index (χ0v) is 9.33. The Morgan fingerprint density at radius 2 is 2.12 bits per heavy atom. The van der Waals surface area contributed by atoms with Gasteiger partial charge in [0.25, 0.3) is 6.01 Å². The standard InChI is InChI=1S/C12H12N2O3/c1-17-12-13-7-10(11(15)16)14(12)8-9-5-3-2-4-6-9/h2-7H,8H2,1H3,(H,15,16). The molecule has 0 aliphatic heterocycles.